The van der Waals surface area contributed by atoms with E-state index in [2.05, 4.69) is 34.9 Å². The van der Waals surface area contributed by atoms with E-state index in [0.29, 0.717) is 22.5 Å². The summed E-state index contributed by atoms with van der Waals surface area (Å²) in [5.41, 5.74) is 9.47. The average Bonchev–Trinajstić information content (AvgIpc) is 3.02. The molecule has 3 aromatic carbocycles. The molecule has 8 rings (SSSR count). The minimum Gasteiger partial charge on any atom is -0.478 e. The number of aromatic nitrogens is 1. The Kier molecular flexibility index (Phi) is 5.62. The Labute approximate surface area is 243 Å². The van der Waals surface area contributed by atoms with Gasteiger partial charge in [0.15, 0.2) is 5.76 Å². The lowest BCUT2D eigenvalue weighted by atomic mass is 9.85. The zero-order valence-electron chi connectivity index (χ0n) is 24.1. The number of rotatable bonds is 3. The van der Waals surface area contributed by atoms with E-state index < -0.39 is 5.97 Å². The number of benzene rings is 3. The molecule has 212 valence electrons. The summed E-state index contributed by atoms with van der Waals surface area (Å²) >= 11 is 0. The lowest BCUT2D eigenvalue weighted by Gasteiger charge is -2.37. The monoisotopic (exact) mass is 560 g/mol. The van der Waals surface area contributed by atoms with Gasteiger partial charge in [-0.25, -0.2) is 9.59 Å². The highest BCUT2D eigenvalue weighted by molar-refractivity contribution is 6.11. The van der Waals surface area contributed by atoms with Gasteiger partial charge in [0.05, 0.1) is 10.9 Å². The number of aromatic carboxylic acids is 1. The first-order chi connectivity index (χ1) is 20.5. The zero-order chi connectivity index (χ0) is 28.7. The largest absolute Gasteiger partial charge is 0.478 e. The van der Waals surface area contributed by atoms with Crippen LogP contribution in [0.2, 0.25) is 0 Å². The normalized spacial score (nSPS) is 16.2. The van der Waals surface area contributed by atoms with E-state index in [9.17, 15) is 14.7 Å². The number of carboxylic acids is 1. The minimum atomic E-state index is -1.01. The van der Waals surface area contributed by atoms with Crippen molar-refractivity contribution < 1.29 is 18.9 Å². The summed E-state index contributed by atoms with van der Waals surface area (Å²) < 4.78 is 8.69. The standard InChI is InChI=1S/C35H33N3O4/c1-3-37-14-6-9-20-17-25-28(19-27(20)37)36(2)34(39)30-29(22-11-4-5-12-23(22)35(40)41)26-18-21-10-7-15-38-16-8-13-24(31(21)38)32(26)42-33(25)30/h4-5,11-12,17-19H,3,6-10,13-16H2,1-2H3/p+1. The number of carboxylic acid groups (broad SMARTS) is 1. The third kappa shape index (κ3) is 3.49. The molecule has 0 saturated heterocycles. The van der Waals surface area contributed by atoms with E-state index in [1.54, 1.807) is 16.7 Å². The van der Waals surface area contributed by atoms with Crippen molar-refractivity contribution >= 4 is 39.2 Å². The second kappa shape index (κ2) is 9.31. The number of aryl methyl sites for hydroxylation is 4. The Morgan fingerprint density at radius 1 is 0.952 bits per heavy atom. The highest BCUT2D eigenvalue weighted by Gasteiger charge is 2.35. The topological polar surface area (TPSA) is 77.9 Å². The predicted molar refractivity (Wildman–Crippen MR) is 165 cm³/mol. The van der Waals surface area contributed by atoms with E-state index in [-0.39, 0.29) is 11.1 Å². The van der Waals surface area contributed by atoms with E-state index in [1.807, 2.05) is 19.2 Å². The fourth-order valence-electron chi connectivity index (χ4n) is 7.86. The summed E-state index contributed by atoms with van der Waals surface area (Å²) in [6.45, 7) is 6.17. The molecular weight excluding hydrogens is 526 g/mol. The molecule has 0 spiro atoms. The van der Waals surface area contributed by atoms with Crippen molar-refractivity contribution in [1.82, 2.24) is 0 Å². The van der Waals surface area contributed by atoms with Gasteiger partial charge in [0, 0.05) is 60.1 Å². The predicted octanol–water partition coefficient (Wildman–Crippen LogP) is 5.71. The highest BCUT2D eigenvalue weighted by Crippen LogP contribution is 2.48. The van der Waals surface area contributed by atoms with Crippen LogP contribution in [0.1, 0.15) is 53.2 Å². The first kappa shape index (κ1) is 25.3. The summed E-state index contributed by atoms with van der Waals surface area (Å²) in [6.07, 6.45) is 6.03. The number of nitrogens with zero attached hydrogens (tertiary/aromatic N) is 3. The molecule has 0 bridgehead atoms. The number of pyridine rings is 1. The van der Waals surface area contributed by atoms with E-state index in [4.69, 9.17) is 4.42 Å². The van der Waals surface area contributed by atoms with Crippen molar-refractivity contribution in [3.8, 4) is 22.5 Å². The van der Waals surface area contributed by atoms with Crippen molar-refractivity contribution in [3.05, 3.63) is 75.1 Å². The van der Waals surface area contributed by atoms with Gasteiger partial charge in [-0.2, -0.15) is 4.57 Å². The summed E-state index contributed by atoms with van der Waals surface area (Å²) in [6, 6.07) is 13.6. The smallest absolute Gasteiger partial charge is 0.424 e. The average molecular weight is 561 g/mol. The molecule has 5 aliphatic heterocycles. The molecule has 0 saturated carbocycles. The molecule has 7 heteroatoms. The van der Waals surface area contributed by atoms with E-state index in [1.165, 1.54) is 28.1 Å². The third-order valence-corrected chi connectivity index (χ3v) is 9.77. The van der Waals surface area contributed by atoms with Crippen molar-refractivity contribution in [2.24, 2.45) is 7.05 Å². The molecule has 0 aromatic heterocycles. The van der Waals surface area contributed by atoms with Crippen LogP contribution in [0.4, 0.5) is 11.4 Å². The molecule has 42 heavy (non-hydrogen) atoms. The molecule has 3 aromatic rings. The number of hydrogen-bond acceptors (Lipinski definition) is 5. The van der Waals surface area contributed by atoms with Crippen molar-refractivity contribution in [1.29, 1.82) is 0 Å². The van der Waals surface area contributed by atoms with Gasteiger partial charge in [0.1, 0.15) is 18.2 Å². The lowest BCUT2D eigenvalue weighted by molar-refractivity contribution is -0.658. The molecular formula is C35H34N3O4+. The number of anilines is 2. The van der Waals surface area contributed by atoms with Crippen LogP contribution in [0.15, 0.2) is 51.7 Å². The Hall–Kier alpha value is -4.39. The van der Waals surface area contributed by atoms with Gasteiger partial charge in [-0.3, -0.25) is 0 Å². The summed E-state index contributed by atoms with van der Waals surface area (Å²) in [7, 11) is 1.82. The van der Waals surface area contributed by atoms with Gasteiger partial charge < -0.3 is 19.3 Å². The fourth-order valence-corrected chi connectivity index (χ4v) is 7.86. The molecule has 5 aliphatic rings. The lowest BCUT2D eigenvalue weighted by Crippen LogP contribution is -2.48. The van der Waals surface area contributed by atoms with Crippen LogP contribution in [-0.4, -0.2) is 37.3 Å². The molecule has 0 atom stereocenters. The Balaban J connectivity index is 1.59. The Bertz CT molecular complexity index is 1990. The van der Waals surface area contributed by atoms with Gasteiger partial charge >= 0.3 is 11.5 Å². The molecule has 0 unspecified atom stereocenters. The maximum Gasteiger partial charge on any atom is 0.424 e. The molecule has 5 heterocycles. The summed E-state index contributed by atoms with van der Waals surface area (Å²) in [5.74, 6) is -0.458. The molecule has 0 aliphatic carbocycles. The van der Waals surface area contributed by atoms with Crippen LogP contribution in [0.5, 0.6) is 0 Å². The van der Waals surface area contributed by atoms with Gasteiger partial charge in [0.25, 0.3) is 0 Å². The number of fused-ring (bicyclic) bond motifs is 6. The second-order valence-electron chi connectivity index (χ2n) is 12.0. The number of carbonyl (C=O) groups is 1. The second-order valence-corrected chi connectivity index (χ2v) is 12.0. The summed E-state index contributed by atoms with van der Waals surface area (Å²) in [4.78, 5) is 31.8. The molecule has 0 radical (unpaired) electrons. The van der Waals surface area contributed by atoms with Crippen molar-refractivity contribution in [3.63, 3.8) is 0 Å². The minimum absolute atomic E-state index is 0.176. The van der Waals surface area contributed by atoms with E-state index >= 15 is 0 Å². The van der Waals surface area contributed by atoms with Gasteiger partial charge in [-0.15, -0.1) is 0 Å². The van der Waals surface area contributed by atoms with Crippen LogP contribution in [0, 0.1) is 0 Å². The quantitative estimate of drug-likeness (QED) is 0.173. The van der Waals surface area contributed by atoms with Gasteiger partial charge in [0.2, 0.25) is 5.52 Å². The van der Waals surface area contributed by atoms with Crippen LogP contribution in [0.25, 0.3) is 44.3 Å². The number of hydrogen-bond donors (Lipinski definition) is 1. The first-order valence-corrected chi connectivity index (χ1v) is 15.2. The third-order valence-electron chi connectivity index (χ3n) is 9.77. The van der Waals surface area contributed by atoms with Gasteiger partial charge in [-0.1, -0.05) is 18.2 Å². The maximum atomic E-state index is 14.4. The van der Waals surface area contributed by atoms with Crippen molar-refractivity contribution in [2.45, 2.75) is 45.4 Å². The first-order valence-electron chi connectivity index (χ1n) is 15.2. The van der Waals surface area contributed by atoms with Crippen molar-refractivity contribution in [2.75, 3.05) is 36.0 Å². The SMILES string of the molecule is CCN1CCCc2cc3c4oc5c6c7c(cc5c(-c5ccccc5C(=O)O)c-4c(=O)[n+](C)c3cc21)CCCN7CCC6. The van der Waals surface area contributed by atoms with E-state index in [0.717, 1.165) is 86.6 Å². The van der Waals surface area contributed by atoms with Crippen LogP contribution < -0.4 is 19.9 Å². The highest BCUT2D eigenvalue weighted by atomic mass is 16.4. The zero-order valence-corrected chi connectivity index (χ0v) is 24.1. The van der Waals surface area contributed by atoms with Crippen LogP contribution in [0.3, 0.4) is 0 Å². The molecule has 1 N–H and O–H groups in total. The maximum absolute atomic E-state index is 14.4. The Morgan fingerprint density at radius 2 is 1.69 bits per heavy atom. The van der Waals surface area contributed by atoms with Gasteiger partial charge in [-0.05, 0) is 80.3 Å². The molecule has 0 amide bonds. The fraction of sp³-hybridized carbons (Fsp3) is 0.343. The Morgan fingerprint density at radius 3 is 2.50 bits per heavy atom. The van der Waals surface area contributed by atoms with Crippen LogP contribution in [-0.2, 0) is 26.3 Å². The molecule has 7 nitrogen and oxygen atoms in total. The van der Waals surface area contributed by atoms with Crippen LogP contribution >= 0.6 is 0 Å². The summed E-state index contributed by atoms with van der Waals surface area (Å²) in [5, 5.41) is 12.0. The molecule has 0 fully saturated rings.